The van der Waals surface area contributed by atoms with Crippen LogP contribution < -0.4 is 14.8 Å². The SMILES string of the molecule is COc1cc(CNC(=O)c2cc(SC)ccc2C)ccc1OCC1CCCO1. The number of hydrogen-bond acceptors (Lipinski definition) is 5. The number of methoxy groups -OCH3 is 1. The highest BCUT2D eigenvalue weighted by molar-refractivity contribution is 7.98. The first-order valence-electron chi connectivity index (χ1n) is 9.45. The lowest BCUT2D eigenvalue weighted by atomic mass is 10.1. The highest BCUT2D eigenvalue weighted by Crippen LogP contribution is 2.29. The maximum atomic E-state index is 12.6. The fourth-order valence-electron chi connectivity index (χ4n) is 3.15. The first-order chi connectivity index (χ1) is 13.6. The molecule has 2 aromatic carbocycles. The van der Waals surface area contributed by atoms with Crippen LogP contribution in [0.25, 0.3) is 0 Å². The fourth-order valence-corrected chi connectivity index (χ4v) is 3.59. The molecular weight excluding hydrogens is 374 g/mol. The number of thioether (sulfide) groups is 1. The van der Waals surface area contributed by atoms with E-state index in [1.54, 1.807) is 18.9 Å². The largest absolute Gasteiger partial charge is 0.493 e. The molecule has 150 valence electrons. The normalized spacial score (nSPS) is 16.0. The van der Waals surface area contributed by atoms with E-state index in [0.717, 1.165) is 35.5 Å². The molecule has 1 aliphatic rings. The summed E-state index contributed by atoms with van der Waals surface area (Å²) in [5.41, 5.74) is 2.62. The van der Waals surface area contributed by atoms with Gasteiger partial charge in [0.25, 0.3) is 5.91 Å². The third kappa shape index (κ3) is 5.20. The smallest absolute Gasteiger partial charge is 0.251 e. The minimum absolute atomic E-state index is 0.0777. The molecule has 0 aromatic heterocycles. The average molecular weight is 402 g/mol. The van der Waals surface area contributed by atoms with Crippen LogP contribution in [0.2, 0.25) is 0 Å². The van der Waals surface area contributed by atoms with Crippen LogP contribution in [-0.2, 0) is 11.3 Å². The van der Waals surface area contributed by atoms with E-state index in [0.29, 0.717) is 30.2 Å². The van der Waals surface area contributed by atoms with E-state index in [2.05, 4.69) is 5.32 Å². The number of benzene rings is 2. The lowest BCUT2D eigenvalue weighted by molar-refractivity contribution is 0.0669. The number of nitrogens with one attached hydrogen (secondary N) is 1. The van der Waals surface area contributed by atoms with Gasteiger partial charge in [0.2, 0.25) is 0 Å². The first-order valence-corrected chi connectivity index (χ1v) is 10.7. The van der Waals surface area contributed by atoms with Crippen LogP contribution in [0.5, 0.6) is 11.5 Å². The Hall–Kier alpha value is -2.18. The quantitative estimate of drug-likeness (QED) is 0.672. The molecule has 1 aliphatic heterocycles. The van der Waals surface area contributed by atoms with Gasteiger partial charge in [0, 0.05) is 23.6 Å². The summed E-state index contributed by atoms with van der Waals surface area (Å²) in [4.78, 5) is 13.7. The molecule has 1 amide bonds. The Morgan fingerprint density at radius 2 is 2.11 bits per heavy atom. The van der Waals surface area contributed by atoms with Crippen molar-refractivity contribution in [2.24, 2.45) is 0 Å². The highest BCUT2D eigenvalue weighted by Gasteiger charge is 2.17. The minimum atomic E-state index is -0.0777. The van der Waals surface area contributed by atoms with Gasteiger partial charge in [-0.1, -0.05) is 12.1 Å². The molecule has 6 heteroatoms. The van der Waals surface area contributed by atoms with Gasteiger partial charge in [0.05, 0.1) is 13.2 Å². The molecule has 1 atom stereocenters. The Morgan fingerprint density at radius 3 is 2.82 bits per heavy atom. The zero-order valence-corrected chi connectivity index (χ0v) is 17.4. The number of aryl methyl sites for hydroxylation is 1. The Balaban J connectivity index is 1.61. The van der Waals surface area contributed by atoms with Crippen molar-refractivity contribution < 1.29 is 19.0 Å². The Labute approximate surface area is 170 Å². The summed E-state index contributed by atoms with van der Waals surface area (Å²) in [6, 6.07) is 11.7. The second-order valence-electron chi connectivity index (χ2n) is 6.79. The van der Waals surface area contributed by atoms with Crippen molar-refractivity contribution in [2.45, 2.75) is 37.3 Å². The molecule has 0 radical (unpaired) electrons. The number of carbonyl (C=O) groups is 1. The molecule has 1 heterocycles. The molecule has 1 fully saturated rings. The highest BCUT2D eigenvalue weighted by atomic mass is 32.2. The van der Waals surface area contributed by atoms with E-state index in [9.17, 15) is 4.79 Å². The summed E-state index contributed by atoms with van der Waals surface area (Å²) < 4.78 is 16.9. The lowest BCUT2D eigenvalue weighted by Gasteiger charge is -2.15. The molecule has 0 aliphatic carbocycles. The lowest BCUT2D eigenvalue weighted by Crippen LogP contribution is -2.23. The topological polar surface area (TPSA) is 56.8 Å². The predicted molar refractivity (Wildman–Crippen MR) is 112 cm³/mol. The number of rotatable bonds is 8. The van der Waals surface area contributed by atoms with E-state index in [1.807, 2.05) is 49.6 Å². The van der Waals surface area contributed by atoms with E-state index >= 15 is 0 Å². The zero-order chi connectivity index (χ0) is 19.9. The van der Waals surface area contributed by atoms with Gasteiger partial charge in [-0.05, 0) is 61.4 Å². The Kier molecular flexibility index (Phi) is 7.23. The van der Waals surface area contributed by atoms with Gasteiger partial charge in [-0.25, -0.2) is 0 Å². The summed E-state index contributed by atoms with van der Waals surface area (Å²) in [6.07, 6.45) is 4.28. The number of ether oxygens (including phenoxy) is 3. The van der Waals surface area contributed by atoms with Crippen LogP contribution in [0.15, 0.2) is 41.3 Å². The van der Waals surface area contributed by atoms with Gasteiger partial charge in [0.1, 0.15) is 6.61 Å². The summed E-state index contributed by atoms with van der Waals surface area (Å²) in [5.74, 6) is 1.27. The molecule has 1 unspecified atom stereocenters. The minimum Gasteiger partial charge on any atom is -0.493 e. The summed E-state index contributed by atoms with van der Waals surface area (Å²) in [5, 5.41) is 2.99. The van der Waals surface area contributed by atoms with Crippen molar-refractivity contribution in [2.75, 3.05) is 26.6 Å². The molecule has 2 aromatic rings. The molecule has 1 saturated heterocycles. The Bertz CT molecular complexity index is 818. The molecule has 1 N–H and O–H groups in total. The third-order valence-corrected chi connectivity index (χ3v) is 5.54. The average Bonchev–Trinajstić information content (AvgIpc) is 3.24. The third-order valence-electron chi connectivity index (χ3n) is 4.82. The monoisotopic (exact) mass is 401 g/mol. The molecule has 0 bridgehead atoms. The molecule has 5 nitrogen and oxygen atoms in total. The summed E-state index contributed by atoms with van der Waals surface area (Å²) in [7, 11) is 1.62. The van der Waals surface area contributed by atoms with Gasteiger partial charge < -0.3 is 19.5 Å². The van der Waals surface area contributed by atoms with E-state index < -0.39 is 0 Å². The van der Waals surface area contributed by atoms with Gasteiger partial charge >= 0.3 is 0 Å². The van der Waals surface area contributed by atoms with Crippen molar-refractivity contribution in [1.29, 1.82) is 0 Å². The maximum absolute atomic E-state index is 12.6. The van der Waals surface area contributed by atoms with Crippen LogP contribution in [0.1, 0.15) is 34.3 Å². The summed E-state index contributed by atoms with van der Waals surface area (Å²) in [6.45, 7) is 3.70. The van der Waals surface area contributed by atoms with E-state index in [-0.39, 0.29) is 12.0 Å². The van der Waals surface area contributed by atoms with Crippen LogP contribution in [0, 0.1) is 6.92 Å². The van der Waals surface area contributed by atoms with Crippen molar-refractivity contribution in [1.82, 2.24) is 5.32 Å². The van der Waals surface area contributed by atoms with Crippen molar-refractivity contribution in [3.8, 4) is 11.5 Å². The molecule has 0 spiro atoms. The van der Waals surface area contributed by atoms with E-state index in [4.69, 9.17) is 14.2 Å². The van der Waals surface area contributed by atoms with Crippen molar-refractivity contribution >= 4 is 17.7 Å². The molecule has 28 heavy (non-hydrogen) atoms. The number of hydrogen-bond donors (Lipinski definition) is 1. The second-order valence-corrected chi connectivity index (χ2v) is 7.67. The van der Waals surface area contributed by atoms with Crippen LogP contribution in [-0.4, -0.2) is 38.6 Å². The number of amides is 1. The maximum Gasteiger partial charge on any atom is 0.251 e. The Morgan fingerprint density at radius 1 is 1.25 bits per heavy atom. The number of carbonyl (C=O) groups excluding carboxylic acids is 1. The van der Waals surface area contributed by atoms with Gasteiger partial charge in [-0.15, -0.1) is 11.8 Å². The van der Waals surface area contributed by atoms with Crippen LogP contribution in [0.3, 0.4) is 0 Å². The van der Waals surface area contributed by atoms with Gasteiger partial charge in [0.15, 0.2) is 11.5 Å². The first kappa shape index (κ1) is 20.6. The second kappa shape index (κ2) is 9.85. The molecular formula is C22H27NO4S. The standard InChI is InChI=1S/C22H27NO4S/c1-15-6-8-18(28-3)12-19(15)22(24)23-13-16-7-9-20(21(11-16)25-2)27-14-17-5-4-10-26-17/h6-9,11-12,17H,4-5,10,13-14H2,1-3H3,(H,23,24). The van der Waals surface area contributed by atoms with Crippen LogP contribution >= 0.6 is 11.8 Å². The fraction of sp³-hybridized carbons (Fsp3) is 0.409. The van der Waals surface area contributed by atoms with Crippen molar-refractivity contribution in [3.63, 3.8) is 0 Å². The predicted octanol–water partition coefficient (Wildman–Crippen LogP) is 4.21. The van der Waals surface area contributed by atoms with Crippen molar-refractivity contribution in [3.05, 3.63) is 53.1 Å². The molecule has 3 rings (SSSR count). The summed E-state index contributed by atoms with van der Waals surface area (Å²) >= 11 is 1.62. The van der Waals surface area contributed by atoms with Crippen LogP contribution in [0.4, 0.5) is 0 Å². The molecule has 0 saturated carbocycles. The van der Waals surface area contributed by atoms with Gasteiger partial charge in [-0.3, -0.25) is 4.79 Å². The van der Waals surface area contributed by atoms with Gasteiger partial charge in [-0.2, -0.15) is 0 Å². The zero-order valence-electron chi connectivity index (χ0n) is 16.6. The van der Waals surface area contributed by atoms with E-state index in [1.165, 1.54) is 0 Å².